The third-order valence-corrected chi connectivity index (χ3v) is 1.71. The van der Waals surface area contributed by atoms with Crippen LogP contribution >= 0.6 is 0 Å². The number of aliphatic carboxylic acids is 1. The summed E-state index contributed by atoms with van der Waals surface area (Å²) < 4.78 is 0. The number of nitrogens with zero attached hydrogens (tertiary/aromatic N) is 1. The molecule has 0 unspecified atom stereocenters. The van der Waals surface area contributed by atoms with Gasteiger partial charge in [0.2, 0.25) is 0 Å². The van der Waals surface area contributed by atoms with Crippen molar-refractivity contribution >= 4 is 12.0 Å². The Morgan fingerprint density at radius 1 is 1.36 bits per heavy atom. The number of carbonyl (C=O) groups excluding carboxylic acids is 1. The average molecular weight is 202 g/mol. The molecular formula is C9H18N2O3. The van der Waals surface area contributed by atoms with Gasteiger partial charge in [-0.3, -0.25) is 0 Å². The van der Waals surface area contributed by atoms with E-state index in [9.17, 15) is 9.59 Å². The molecule has 5 heteroatoms. The fourth-order valence-corrected chi connectivity index (χ4v) is 0.971. The van der Waals surface area contributed by atoms with Gasteiger partial charge in [0.15, 0.2) is 0 Å². The molecular weight excluding hydrogens is 184 g/mol. The summed E-state index contributed by atoms with van der Waals surface area (Å²) in [6.07, 6.45) is 0.439. The second kappa shape index (κ2) is 5.47. The minimum Gasteiger partial charge on any atom is -0.480 e. The van der Waals surface area contributed by atoms with Crippen LogP contribution in [0.5, 0.6) is 0 Å². The molecule has 0 aliphatic rings. The van der Waals surface area contributed by atoms with Gasteiger partial charge in [-0.05, 0) is 12.3 Å². The number of nitrogens with one attached hydrogen (secondary N) is 1. The Bertz CT molecular complexity index is 214. The molecule has 0 saturated heterocycles. The maximum Gasteiger partial charge on any atom is 0.326 e. The Hall–Kier alpha value is -1.26. The fourth-order valence-electron chi connectivity index (χ4n) is 0.971. The lowest BCUT2D eigenvalue weighted by Crippen LogP contribution is -2.46. The van der Waals surface area contributed by atoms with Crippen molar-refractivity contribution in [1.82, 2.24) is 10.2 Å². The summed E-state index contributed by atoms with van der Waals surface area (Å²) in [5.41, 5.74) is 0. The summed E-state index contributed by atoms with van der Waals surface area (Å²) in [6, 6.07) is -1.18. The minimum absolute atomic E-state index is 0.235. The molecule has 2 N–H and O–H groups in total. The van der Waals surface area contributed by atoms with Crippen molar-refractivity contribution in [2.24, 2.45) is 5.92 Å². The van der Waals surface area contributed by atoms with Gasteiger partial charge in [-0.1, -0.05) is 13.8 Å². The maximum atomic E-state index is 11.2. The summed E-state index contributed by atoms with van der Waals surface area (Å²) in [7, 11) is 3.15. The highest BCUT2D eigenvalue weighted by molar-refractivity contribution is 5.82. The summed E-state index contributed by atoms with van der Waals surface area (Å²) in [4.78, 5) is 23.3. The van der Waals surface area contributed by atoms with Gasteiger partial charge >= 0.3 is 12.0 Å². The van der Waals surface area contributed by atoms with Crippen molar-refractivity contribution in [3.05, 3.63) is 0 Å². The predicted molar refractivity (Wildman–Crippen MR) is 53.1 cm³/mol. The van der Waals surface area contributed by atoms with E-state index in [2.05, 4.69) is 5.32 Å². The molecule has 0 rings (SSSR count). The largest absolute Gasteiger partial charge is 0.480 e. The van der Waals surface area contributed by atoms with Gasteiger partial charge in [0.25, 0.3) is 0 Å². The molecule has 5 nitrogen and oxygen atoms in total. The molecule has 0 aromatic carbocycles. The molecule has 14 heavy (non-hydrogen) atoms. The first kappa shape index (κ1) is 12.7. The highest BCUT2D eigenvalue weighted by Gasteiger charge is 2.21. The van der Waals surface area contributed by atoms with Crippen LogP contribution in [0.25, 0.3) is 0 Å². The lowest BCUT2D eigenvalue weighted by atomic mass is 10.0. The number of carboxylic acids is 1. The van der Waals surface area contributed by atoms with Gasteiger partial charge in [-0.2, -0.15) is 0 Å². The molecule has 0 aliphatic heterocycles. The SMILES string of the molecule is CC(C)C[C@@H](NC(=O)N(C)C)C(=O)O. The van der Waals surface area contributed by atoms with Crippen LogP contribution in [0.1, 0.15) is 20.3 Å². The smallest absolute Gasteiger partial charge is 0.326 e. The summed E-state index contributed by atoms with van der Waals surface area (Å²) in [5, 5.41) is 11.3. The first-order chi connectivity index (χ1) is 6.34. The monoisotopic (exact) mass is 202 g/mol. The zero-order chi connectivity index (χ0) is 11.3. The van der Waals surface area contributed by atoms with Gasteiger partial charge in [-0.25, -0.2) is 9.59 Å². The zero-order valence-corrected chi connectivity index (χ0v) is 9.07. The van der Waals surface area contributed by atoms with Crippen molar-refractivity contribution in [1.29, 1.82) is 0 Å². The molecule has 82 valence electrons. The summed E-state index contributed by atoms with van der Waals surface area (Å²) >= 11 is 0. The van der Waals surface area contributed by atoms with Crippen molar-refractivity contribution < 1.29 is 14.7 Å². The third-order valence-electron chi connectivity index (χ3n) is 1.71. The molecule has 0 bridgehead atoms. The Morgan fingerprint density at radius 2 is 1.86 bits per heavy atom. The number of carboxylic acid groups (broad SMARTS) is 1. The Labute approximate surface area is 84.1 Å². The molecule has 2 amide bonds. The van der Waals surface area contributed by atoms with Crippen LogP contribution in [0.3, 0.4) is 0 Å². The highest BCUT2D eigenvalue weighted by atomic mass is 16.4. The van der Waals surface area contributed by atoms with Crippen LogP contribution < -0.4 is 5.32 Å². The standard InChI is InChI=1S/C9H18N2O3/c1-6(2)5-7(8(12)13)10-9(14)11(3)4/h6-7H,5H2,1-4H3,(H,10,14)(H,12,13)/t7-/m1/s1. The summed E-state index contributed by atoms with van der Waals surface area (Å²) in [5.74, 6) is -0.757. The summed E-state index contributed by atoms with van der Waals surface area (Å²) in [6.45, 7) is 3.83. The normalized spacial score (nSPS) is 12.4. The molecule has 0 radical (unpaired) electrons. The molecule has 0 spiro atoms. The van der Waals surface area contributed by atoms with Gasteiger partial charge in [-0.15, -0.1) is 0 Å². The first-order valence-electron chi connectivity index (χ1n) is 4.55. The highest BCUT2D eigenvalue weighted by Crippen LogP contribution is 2.05. The molecule has 0 aliphatic carbocycles. The lowest BCUT2D eigenvalue weighted by Gasteiger charge is -2.19. The van der Waals surface area contributed by atoms with Crippen molar-refractivity contribution in [2.45, 2.75) is 26.3 Å². The van der Waals surface area contributed by atoms with Crippen LogP contribution in [0, 0.1) is 5.92 Å². The second-order valence-corrected chi connectivity index (χ2v) is 3.86. The van der Waals surface area contributed by atoms with E-state index in [1.165, 1.54) is 4.90 Å². The number of rotatable bonds is 4. The van der Waals surface area contributed by atoms with Crippen LogP contribution in [0.2, 0.25) is 0 Å². The Morgan fingerprint density at radius 3 is 2.14 bits per heavy atom. The van der Waals surface area contributed by atoms with E-state index < -0.39 is 12.0 Å². The van der Waals surface area contributed by atoms with E-state index in [-0.39, 0.29) is 11.9 Å². The number of hydrogen-bond acceptors (Lipinski definition) is 2. The van der Waals surface area contributed by atoms with Gasteiger partial charge < -0.3 is 15.3 Å². The maximum absolute atomic E-state index is 11.2. The van der Waals surface area contributed by atoms with E-state index in [4.69, 9.17) is 5.11 Å². The number of amides is 2. The number of hydrogen-bond donors (Lipinski definition) is 2. The van der Waals surface area contributed by atoms with Crippen molar-refractivity contribution in [3.63, 3.8) is 0 Å². The topological polar surface area (TPSA) is 69.6 Å². The number of carbonyl (C=O) groups is 2. The minimum atomic E-state index is -0.992. The van der Waals surface area contributed by atoms with E-state index >= 15 is 0 Å². The first-order valence-corrected chi connectivity index (χ1v) is 4.55. The second-order valence-electron chi connectivity index (χ2n) is 3.86. The van der Waals surface area contributed by atoms with E-state index in [1.54, 1.807) is 14.1 Å². The van der Waals surface area contributed by atoms with E-state index in [1.807, 2.05) is 13.8 Å². The van der Waals surface area contributed by atoms with Crippen LogP contribution in [-0.2, 0) is 4.79 Å². The van der Waals surface area contributed by atoms with Crippen LogP contribution in [0.4, 0.5) is 4.79 Å². The van der Waals surface area contributed by atoms with Crippen molar-refractivity contribution in [2.75, 3.05) is 14.1 Å². The molecule has 1 atom stereocenters. The van der Waals surface area contributed by atoms with Gasteiger partial charge in [0.05, 0.1) is 0 Å². The fraction of sp³-hybridized carbons (Fsp3) is 0.778. The van der Waals surface area contributed by atoms with Crippen molar-refractivity contribution in [3.8, 4) is 0 Å². The zero-order valence-electron chi connectivity index (χ0n) is 9.07. The quantitative estimate of drug-likeness (QED) is 0.707. The van der Waals surface area contributed by atoms with E-state index in [0.717, 1.165) is 0 Å². The lowest BCUT2D eigenvalue weighted by molar-refractivity contribution is -0.139. The number of urea groups is 1. The van der Waals surface area contributed by atoms with Crippen LogP contribution in [0.15, 0.2) is 0 Å². The third kappa shape index (κ3) is 4.69. The Balaban J connectivity index is 4.23. The van der Waals surface area contributed by atoms with Gasteiger partial charge in [0, 0.05) is 14.1 Å². The van der Waals surface area contributed by atoms with E-state index in [0.29, 0.717) is 6.42 Å². The van der Waals surface area contributed by atoms with Gasteiger partial charge in [0.1, 0.15) is 6.04 Å². The molecule has 0 heterocycles. The average Bonchev–Trinajstić information content (AvgIpc) is 2.01. The molecule has 0 saturated carbocycles. The molecule has 0 aromatic heterocycles. The predicted octanol–water partition coefficient (Wildman–Crippen LogP) is 0.757. The molecule has 0 aromatic rings. The Kier molecular flexibility index (Phi) is 4.97. The molecule has 0 fully saturated rings. The van der Waals surface area contributed by atoms with Crippen LogP contribution in [-0.4, -0.2) is 42.1 Å².